The number of hydrogen-bond donors (Lipinski definition) is 1. The minimum atomic E-state index is 0.754. The van der Waals surface area contributed by atoms with E-state index >= 15 is 0 Å². The number of nitrogens with zero attached hydrogens (tertiary/aromatic N) is 1. The Morgan fingerprint density at radius 2 is 2.46 bits per heavy atom. The molecule has 1 unspecified atom stereocenters. The van der Waals surface area contributed by atoms with E-state index < -0.39 is 0 Å². The molecule has 0 bridgehead atoms. The summed E-state index contributed by atoms with van der Waals surface area (Å²) in [5.41, 5.74) is 0. The molecular weight excluding hydrogens is 160 g/mol. The van der Waals surface area contributed by atoms with Crippen LogP contribution in [-0.4, -0.2) is 37.1 Å². The van der Waals surface area contributed by atoms with Gasteiger partial charge in [-0.05, 0) is 32.4 Å². The summed E-state index contributed by atoms with van der Waals surface area (Å²) in [6.07, 6.45) is 5.95. The fourth-order valence-electron chi connectivity index (χ4n) is 1.98. The lowest BCUT2D eigenvalue weighted by Gasteiger charge is -2.23. The highest BCUT2D eigenvalue weighted by Crippen LogP contribution is 2.15. The van der Waals surface area contributed by atoms with Gasteiger partial charge in [0.1, 0.15) is 0 Å². The maximum Gasteiger partial charge on any atom is 0.0224 e. The molecule has 13 heavy (non-hydrogen) atoms. The summed E-state index contributed by atoms with van der Waals surface area (Å²) >= 11 is 0. The molecule has 1 saturated heterocycles. The predicted molar refractivity (Wildman–Crippen MR) is 58.0 cm³/mol. The Morgan fingerprint density at radius 3 is 3.15 bits per heavy atom. The maximum absolute atomic E-state index is 3.79. The molecule has 1 atom stereocenters. The van der Waals surface area contributed by atoms with Crippen molar-refractivity contribution < 1.29 is 0 Å². The Kier molecular flexibility index (Phi) is 5.09. The average Bonchev–Trinajstić information content (AvgIpc) is 2.54. The number of nitrogens with one attached hydrogen (secondary N) is 1. The first-order chi connectivity index (χ1) is 6.38. The summed E-state index contributed by atoms with van der Waals surface area (Å²) in [7, 11) is 0. The van der Waals surface area contributed by atoms with E-state index in [1.165, 1.54) is 25.8 Å². The van der Waals surface area contributed by atoms with E-state index in [2.05, 4.69) is 23.7 Å². The molecule has 0 aliphatic carbocycles. The Morgan fingerprint density at radius 1 is 1.62 bits per heavy atom. The van der Waals surface area contributed by atoms with E-state index in [9.17, 15) is 0 Å². The Labute approximate surface area is 82.0 Å². The van der Waals surface area contributed by atoms with E-state index in [1.807, 2.05) is 6.08 Å². The highest BCUT2D eigenvalue weighted by molar-refractivity contribution is 4.85. The van der Waals surface area contributed by atoms with Crippen molar-refractivity contribution in [1.29, 1.82) is 0 Å². The molecule has 1 N–H and O–H groups in total. The predicted octanol–water partition coefficient (Wildman–Crippen LogP) is 1.64. The van der Waals surface area contributed by atoms with Gasteiger partial charge in [-0.2, -0.15) is 0 Å². The second kappa shape index (κ2) is 6.17. The van der Waals surface area contributed by atoms with Crippen molar-refractivity contribution in [1.82, 2.24) is 10.2 Å². The highest BCUT2D eigenvalue weighted by atomic mass is 15.2. The van der Waals surface area contributed by atoms with Crippen LogP contribution in [0.25, 0.3) is 0 Å². The van der Waals surface area contributed by atoms with Crippen LogP contribution in [-0.2, 0) is 0 Å². The van der Waals surface area contributed by atoms with Crippen LogP contribution in [0.4, 0.5) is 0 Å². The van der Waals surface area contributed by atoms with Crippen molar-refractivity contribution in [3.05, 3.63) is 12.7 Å². The van der Waals surface area contributed by atoms with Crippen molar-refractivity contribution in [2.45, 2.75) is 32.2 Å². The van der Waals surface area contributed by atoms with Gasteiger partial charge in [0, 0.05) is 19.1 Å². The van der Waals surface area contributed by atoms with Crippen LogP contribution in [0.1, 0.15) is 26.2 Å². The normalized spacial score (nSPS) is 23.6. The molecule has 0 aromatic heterocycles. The van der Waals surface area contributed by atoms with Gasteiger partial charge in [0.25, 0.3) is 0 Å². The first-order valence-electron chi connectivity index (χ1n) is 5.44. The average molecular weight is 182 g/mol. The monoisotopic (exact) mass is 182 g/mol. The molecule has 0 amide bonds. The maximum atomic E-state index is 3.79. The van der Waals surface area contributed by atoms with E-state index in [-0.39, 0.29) is 0 Å². The third-order valence-electron chi connectivity index (χ3n) is 2.67. The van der Waals surface area contributed by atoms with E-state index in [4.69, 9.17) is 0 Å². The molecule has 76 valence electrons. The lowest BCUT2D eigenvalue weighted by molar-refractivity contribution is 0.273. The molecule has 1 rings (SSSR count). The zero-order chi connectivity index (χ0) is 9.52. The topological polar surface area (TPSA) is 15.3 Å². The quantitative estimate of drug-likeness (QED) is 0.496. The van der Waals surface area contributed by atoms with Crippen LogP contribution < -0.4 is 5.32 Å². The van der Waals surface area contributed by atoms with Crippen LogP contribution in [0.3, 0.4) is 0 Å². The smallest absolute Gasteiger partial charge is 0.0224 e. The van der Waals surface area contributed by atoms with Gasteiger partial charge in [-0.1, -0.05) is 13.0 Å². The summed E-state index contributed by atoms with van der Waals surface area (Å²) in [5, 5.41) is 3.49. The summed E-state index contributed by atoms with van der Waals surface area (Å²) in [4.78, 5) is 2.52. The van der Waals surface area contributed by atoms with Crippen LogP contribution in [0, 0.1) is 0 Å². The zero-order valence-corrected chi connectivity index (χ0v) is 8.76. The Bertz CT molecular complexity index is 145. The number of rotatable bonds is 6. The molecule has 0 radical (unpaired) electrons. The SMILES string of the molecule is C=CCN1CCCC1CNCCC. The van der Waals surface area contributed by atoms with E-state index in [1.54, 1.807) is 0 Å². The van der Waals surface area contributed by atoms with Gasteiger partial charge in [-0.25, -0.2) is 0 Å². The van der Waals surface area contributed by atoms with Crippen molar-refractivity contribution in [3.63, 3.8) is 0 Å². The third-order valence-corrected chi connectivity index (χ3v) is 2.67. The molecule has 0 aromatic rings. The molecule has 1 heterocycles. The fourth-order valence-corrected chi connectivity index (χ4v) is 1.98. The standard InChI is InChI=1S/C11H22N2/c1-3-7-12-10-11-6-5-9-13(11)8-4-2/h4,11-12H,2-3,5-10H2,1H3. The summed E-state index contributed by atoms with van der Waals surface area (Å²) in [6.45, 7) is 10.6. The summed E-state index contributed by atoms with van der Waals surface area (Å²) in [6, 6.07) is 0.754. The lowest BCUT2D eigenvalue weighted by atomic mass is 10.2. The molecular formula is C11H22N2. The van der Waals surface area contributed by atoms with Crippen LogP contribution >= 0.6 is 0 Å². The van der Waals surface area contributed by atoms with E-state index in [0.717, 1.165) is 25.7 Å². The van der Waals surface area contributed by atoms with E-state index in [0.29, 0.717) is 0 Å². The minimum absolute atomic E-state index is 0.754. The molecule has 0 saturated carbocycles. The van der Waals surface area contributed by atoms with Gasteiger partial charge >= 0.3 is 0 Å². The van der Waals surface area contributed by atoms with Gasteiger partial charge in [-0.3, -0.25) is 4.90 Å². The Hall–Kier alpha value is -0.340. The molecule has 0 aromatic carbocycles. The van der Waals surface area contributed by atoms with Crippen molar-refractivity contribution in [2.75, 3.05) is 26.2 Å². The first kappa shape index (κ1) is 10.7. The second-order valence-electron chi connectivity index (χ2n) is 3.78. The number of likely N-dealkylation sites (tertiary alicyclic amines) is 1. The van der Waals surface area contributed by atoms with Crippen LogP contribution in [0.15, 0.2) is 12.7 Å². The highest BCUT2D eigenvalue weighted by Gasteiger charge is 2.22. The molecule has 2 nitrogen and oxygen atoms in total. The van der Waals surface area contributed by atoms with Gasteiger partial charge in [0.2, 0.25) is 0 Å². The van der Waals surface area contributed by atoms with Crippen LogP contribution in [0.5, 0.6) is 0 Å². The van der Waals surface area contributed by atoms with Gasteiger partial charge in [0.15, 0.2) is 0 Å². The van der Waals surface area contributed by atoms with Gasteiger partial charge in [0.05, 0.1) is 0 Å². The Balaban J connectivity index is 2.18. The zero-order valence-electron chi connectivity index (χ0n) is 8.76. The molecule has 0 spiro atoms. The minimum Gasteiger partial charge on any atom is -0.315 e. The largest absolute Gasteiger partial charge is 0.315 e. The first-order valence-corrected chi connectivity index (χ1v) is 5.44. The summed E-state index contributed by atoms with van der Waals surface area (Å²) in [5.74, 6) is 0. The molecule has 1 aliphatic heterocycles. The fraction of sp³-hybridized carbons (Fsp3) is 0.818. The van der Waals surface area contributed by atoms with Crippen molar-refractivity contribution in [3.8, 4) is 0 Å². The summed E-state index contributed by atoms with van der Waals surface area (Å²) < 4.78 is 0. The van der Waals surface area contributed by atoms with Gasteiger partial charge < -0.3 is 5.32 Å². The van der Waals surface area contributed by atoms with Gasteiger partial charge in [-0.15, -0.1) is 6.58 Å². The second-order valence-corrected chi connectivity index (χ2v) is 3.78. The number of hydrogen-bond acceptors (Lipinski definition) is 2. The van der Waals surface area contributed by atoms with Crippen molar-refractivity contribution in [2.24, 2.45) is 0 Å². The lowest BCUT2D eigenvalue weighted by Crippen LogP contribution is -2.38. The van der Waals surface area contributed by atoms with Crippen LogP contribution in [0.2, 0.25) is 0 Å². The van der Waals surface area contributed by atoms with Crippen molar-refractivity contribution >= 4 is 0 Å². The molecule has 1 aliphatic rings. The third kappa shape index (κ3) is 3.49. The molecule has 2 heteroatoms. The molecule has 1 fully saturated rings.